The Kier molecular flexibility index (Phi) is 7.35. The van der Waals surface area contributed by atoms with Gasteiger partial charge in [0.15, 0.2) is 0 Å². The summed E-state index contributed by atoms with van der Waals surface area (Å²) in [5.41, 5.74) is 7.76. The summed E-state index contributed by atoms with van der Waals surface area (Å²) in [5, 5.41) is 11.2. The predicted molar refractivity (Wildman–Crippen MR) is 101 cm³/mol. The number of anilines is 1. The van der Waals surface area contributed by atoms with Crippen molar-refractivity contribution in [3.63, 3.8) is 0 Å². The second kappa shape index (κ2) is 8.80. The number of thiophene rings is 1. The molecule has 0 unspecified atom stereocenters. The Hall–Kier alpha value is -2.16. The van der Waals surface area contributed by atoms with Crippen molar-refractivity contribution in [2.24, 2.45) is 0 Å². The molecule has 25 heavy (non-hydrogen) atoms. The summed E-state index contributed by atoms with van der Waals surface area (Å²) in [7, 11) is 3.83. The van der Waals surface area contributed by atoms with Crippen LogP contribution < -0.4 is 5.73 Å². The number of halogens is 1. The SMILES string of the molecule is CCOC(=O)c1c(N)sc(CN(C)C)c1-c1ccc([N+](=O)[O-])cc1.Cl. The van der Waals surface area contributed by atoms with Crippen molar-refractivity contribution in [2.45, 2.75) is 13.5 Å². The third-order valence-corrected chi connectivity index (χ3v) is 4.32. The molecule has 1 heterocycles. The number of nitrogens with two attached hydrogens (primary N) is 1. The summed E-state index contributed by atoms with van der Waals surface area (Å²) < 4.78 is 5.12. The van der Waals surface area contributed by atoms with E-state index in [0.29, 0.717) is 28.2 Å². The minimum Gasteiger partial charge on any atom is -0.462 e. The van der Waals surface area contributed by atoms with Crippen LogP contribution in [0.2, 0.25) is 0 Å². The molecule has 0 saturated carbocycles. The van der Waals surface area contributed by atoms with Crippen LogP contribution in [0.3, 0.4) is 0 Å². The van der Waals surface area contributed by atoms with Gasteiger partial charge in [-0.25, -0.2) is 4.79 Å². The fourth-order valence-corrected chi connectivity index (χ4v) is 3.55. The lowest BCUT2D eigenvalue weighted by atomic mass is 10.0. The van der Waals surface area contributed by atoms with Gasteiger partial charge in [0.05, 0.1) is 11.5 Å². The Morgan fingerprint density at radius 1 is 1.32 bits per heavy atom. The molecule has 0 spiro atoms. The summed E-state index contributed by atoms with van der Waals surface area (Å²) in [5.74, 6) is -0.482. The van der Waals surface area contributed by atoms with Crippen molar-refractivity contribution in [3.8, 4) is 11.1 Å². The number of nitro benzene ring substituents is 1. The van der Waals surface area contributed by atoms with Gasteiger partial charge in [0, 0.05) is 29.1 Å². The number of nitrogens with zero attached hydrogens (tertiary/aromatic N) is 2. The standard InChI is InChI=1S/C16H19N3O4S.ClH/c1-4-23-16(20)14-13(12(9-18(2)3)24-15(14)17)10-5-7-11(8-6-10)19(21)22;/h5-8H,4,9,17H2,1-3H3;1H. The van der Waals surface area contributed by atoms with Gasteiger partial charge in [0.25, 0.3) is 5.69 Å². The van der Waals surface area contributed by atoms with Gasteiger partial charge < -0.3 is 15.4 Å². The van der Waals surface area contributed by atoms with Crippen molar-refractivity contribution < 1.29 is 14.5 Å². The summed E-state index contributed by atoms with van der Waals surface area (Å²) in [6.45, 7) is 2.57. The summed E-state index contributed by atoms with van der Waals surface area (Å²) in [6.07, 6.45) is 0. The third-order valence-electron chi connectivity index (χ3n) is 3.31. The number of esters is 1. The molecular formula is C16H20ClN3O4S. The van der Waals surface area contributed by atoms with E-state index in [9.17, 15) is 14.9 Å². The Balaban J connectivity index is 0.00000312. The van der Waals surface area contributed by atoms with Gasteiger partial charge in [-0.2, -0.15) is 0 Å². The van der Waals surface area contributed by atoms with E-state index in [1.807, 2.05) is 19.0 Å². The molecule has 2 aromatic rings. The number of carbonyl (C=O) groups excluding carboxylic acids is 1. The monoisotopic (exact) mass is 385 g/mol. The maximum atomic E-state index is 12.3. The summed E-state index contributed by atoms with van der Waals surface area (Å²) in [6, 6.07) is 6.08. The summed E-state index contributed by atoms with van der Waals surface area (Å²) >= 11 is 1.33. The van der Waals surface area contributed by atoms with E-state index in [4.69, 9.17) is 10.5 Å². The molecule has 0 amide bonds. The second-order valence-electron chi connectivity index (χ2n) is 5.40. The first-order valence-corrected chi connectivity index (χ1v) is 8.14. The highest BCUT2D eigenvalue weighted by atomic mass is 35.5. The molecule has 2 N–H and O–H groups in total. The largest absolute Gasteiger partial charge is 0.462 e. The van der Waals surface area contributed by atoms with Crippen LogP contribution in [0.25, 0.3) is 11.1 Å². The van der Waals surface area contributed by atoms with Gasteiger partial charge in [-0.1, -0.05) is 0 Å². The number of rotatable bonds is 6. The molecule has 136 valence electrons. The zero-order chi connectivity index (χ0) is 17.9. The fourth-order valence-electron chi connectivity index (χ4n) is 2.36. The molecule has 1 aromatic heterocycles. The van der Waals surface area contributed by atoms with Crippen LogP contribution in [-0.2, 0) is 11.3 Å². The highest BCUT2D eigenvalue weighted by Gasteiger charge is 2.25. The van der Waals surface area contributed by atoms with Crippen LogP contribution in [0, 0.1) is 10.1 Å². The van der Waals surface area contributed by atoms with E-state index >= 15 is 0 Å². The van der Waals surface area contributed by atoms with Crippen molar-refractivity contribution in [1.82, 2.24) is 4.90 Å². The van der Waals surface area contributed by atoms with Crippen LogP contribution in [0.5, 0.6) is 0 Å². The lowest BCUT2D eigenvalue weighted by Gasteiger charge is -2.11. The van der Waals surface area contributed by atoms with Crippen molar-refractivity contribution in [2.75, 3.05) is 26.4 Å². The van der Waals surface area contributed by atoms with Crippen LogP contribution in [0.4, 0.5) is 10.7 Å². The Morgan fingerprint density at radius 3 is 2.40 bits per heavy atom. The molecule has 7 nitrogen and oxygen atoms in total. The number of hydrogen-bond donors (Lipinski definition) is 1. The lowest BCUT2D eigenvalue weighted by molar-refractivity contribution is -0.384. The third kappa shape index (κ3) is 4.68. The molecule has 0 atom stereocenters. The van der Waals surface area contributed by atoms with Gasteiger partial charge in [0.1, 0.15) is 10.6 Å². The van der Waals surface area contributed by atoms with E-state index in [1.54, 1.807) is 19.1 Å². The predicted octanol–water partition coefficient (Wildman–Crippen LogP) is 3.57. The molecule has 0 bridgehead atoms. The quantitative estimate of drug-likeness (QED) is 0.463. The highest BCUT2D eigenvalue weighted by Crippen LogP contribution is 2.40. The van der Waals surface area contributed by atoms with E-state index < -0.39 is 10.9 Å². The van der Waals surface area contributed by atoms with Gasteiger partial charge in [-0.05, 0) is 38.7 Å². The molecular weight excluding hydrogens is 366 g/mol. The zero-order valence-electron chi connectivity index (χ0n) is 14.1. The molecule has 2 rings (SSSR count). The zero-order valence-corrected chi connectivity index (χ0v) is 15.8. The summed E-state index contributed by atoms with van der Waals surface area (Å²) in [4.78, 5) is 25.6. The smallest absolute Gasteiger partial charge is 0.341 e. The minimum atomic E-state index is -0.482. The topological polar surface area (TPSA) is 98.7 Å². The lowest BCUT2D eigenvalue weighted by Crippen LogP contribution is -2.11. The molecule has 1 aromatic carbocycles. The van der Waals surface area contributed by atoms with Gasteiger partial charge >= 0.3 is 5.97 Å². The Morgan fingerprint density at radius 2 is 1.92 bits per heavy atom. The van der Waals surface area contributed by atoms with Crippen molar-refractivity contribution >= 4 is 40.4 Å². The van der Waals surface area contributed by atoms with Gasteiger partial charge in [-0.15, -0.1) is 23.7 Å². The highest BCUT2D eigenvalue weighted by molar-refractivity contribution is 7.17. The Labute approximate surface area is 155 Å². The first-order chi connectivity index (χ1) is 11.3. The number of hydrogen-bond acceptors (Lipinski definition) is 7. The maximum absolute atomic E-state index is 12.3. The van der Waals surface area contributed by atoms with Crippen LogP contribution in [0.15, 0.2) is 24.3 Å². The molecule has 0 aliphatic rings. The molecule has 0 aliphatic heterocycles. The van der Waals surface area contributed by atoms with E-state index in [1.165, 1.54) is 23.5 Å². The Bertz CT molecular complexity index is 759. The molecule has 0 saturated heterocycles. The number of non-ortho nitro benzene ring substituents is 1. The number of carbonyl (C=O) groups is 1. The van der Waals surface area contributed by atoms with E-state index in [0.717, 1.165) is 4.88 Å². The van der Waals surface area contributed by atoms with Crippen LogP contribution in [0.1, 0.15) is 22.2 Å². The fraction of sp³-hybridized carbons (Fsp3) is 0.312. The average molecular weight is 386 g/mol. The molecule has 0 radical (unpaired) electrons. The average Bonchev–Trinajstić information content (AvgIpc) is 2.83. The first-order valence-electron chi connectivity index (χ1n) is 7.33. The van der Waals surface area contributed by atoms with Crippen LogP contribution in [-0.4, -0.2) is 36.5 Å². The van der Waals surface area contributed by atoms with Gasteiger partial charge in [-0.3, -0.25) is 10.1 Å². The van der Waals surface area contributed by atoms with Gasteiger partial charge in [0.2, 0.25) is 0 Å². The maximum Gasteiger partial charge on any atom is 0.341 e. The number of nitrogen functional groups attached to an aromatic ring is 1. The van der Waals surface area contributed by atoms with E-state index in [-0.39, 0.29) is 24.7 Å². The number of benzene rings is 1. The number of ether oxygens (including phenoxy) is 1. The van der Waals surface area contributed by atoms with Crippen molar-refractivity contribution in [1.29, 1.82) is 0 Å². The first kappa shape index (κ1) is 20.9. The molecule has 0 fully saturated rings. The van der Waals surface area contributed by atoms with Crippen LogP contribution >= 0.6 is 23.7 Å². The van der Waals surface area contributed by atoms with Crippen molar-refractivity contribution in [3.05, 3.63) is 44.8 Å². The number of nitro groups is 1. The minimum absolute atomic E-state index is 0. The molecule has 9 heteroatoms. The van der Waals surface area contributed by atoms with E-state index in [2.05, 4.69) is 0 Å². The second-order valence-corrected chi connectivity index (χ2v) is 6.54. The normalized spacial score (nSPS) is 10.4. The molecule has 0 aliphatic carbocycles.